The van der Waals surface area contributed by atoms with Crippen LogP contribution in [0.1, 0.15) is 17.3 Å². The smallest absolute Gasteiger partial charge is 0.129 e. The van der Waals surface area contributed by atoms with Crippen LogP contribution >= 0.6 is 11.6 Å². The fourth-order valence-corrected chi connectivity index (χ4v) is 2.61. The van der Waals surface area contributed by atoms with Gasteiger partial charge in [0.15, 0.2) is 0 Å². The second-order valence-electron chi connectivity index (χ2n) is 4.93. The molecular formula is C15H16ClN5. The summed E-state index contributed by atoms with van der Waals surface area (Å²) in [5.41, 5.74) is 5.93. The van der Waals surface area contributed by atoms with Crippen molar-refractivity contribution in [3.63, 3.8) is 0 Å². The van der Waals surface area contributed by atoms with Gasteiger partial charge in [0.1, 0.15) is 5.15 Å². The molecular weight excluding hydrogens is 286 g/mol. The van der Waals surface area contributed by atoms with Gasteiger partial charge in [0.05, 0.1) is 17.3 Å². The van der Waals surface area contributed by atoms with Gasteiger partial charge in [-0.2, -0.15) is 5.10 Å². The summed E-state index contributed by atoms with van der Waals surface area (Å²) in [7, 11) is 1.95. The van der Waals surface area contributed by atoms with Crippen LogP contribution in [0.25, 0.3) is 10.9 Å². The minimum Gasteiger partial charge on any atom is -0.271 e. The molecule has 6 heteroatoms. The van der Waals surface area contributed by atoms with E-state index in [1.807, 2.05) is 29.9 Å². The lowest BCUT2D eigenvalue weighted by Gasteiger charge is -2.14. The summed E-state index contributed by atoms with van der Waals surface area (Å²) < 4.78 is 1.89. The van der Waals surface area contributed by atoms with E-state index in [0.717, 1.165) is 22.2 Å². The molecule has 0 aliphatic heterocycles. The molecule has 1 atom stereocenters. The number of fused-ring (bicyclic) bond motifs is 1. The molecule has 0 fully saturated rings. The molecule has 2 aromatic heterocycles. The molecule has 0 saturated heterocycles. The monoisotopic (exact) mass is 301 g/mol. The maximum Gasteiger partial charge on any atom is 0.129 e. The van der Waals surface area contributed by atoms with E-state index in [9.17, 15) is 0 Å². The van der Waals surface area contributed by atoms with Gasteiger partial charge in [-0.3, -0.25) is 16.0 Å². The lowest BCUT2D eigenvalue weighted by atomic mass is 10.0. The maximum absolute atomic E-state index is 5.82. The molecule has 21 heavy (non-hydrogen) atoms. The minimum absolute atomic E-state index is 0.0620. The molecule has 0 bridgehead atoms. The lowest BCUT2D eigenvalue weighted by Crippen LogP contribution is -2.29. The number of nitrogens with one attached hydrogen (secondary N) is 1. The average Bonchev–Trinajstić information content (AvgIpc) is 2.83. The number of aromatic nitrogens is 3. The maximum atomic E-state index is 5.82. The highest BCUT2D eigenvalue weighted by Crippen LogP contribution is 2.23. The second-order valence-corrected chi connectivity index (χ2v) is 5.31. The Bertz CT molecular complexity index is 750. The Morgan fingerprint density at radius 2 is 2.10 bits per heavy atom. The van der Waals surface area contributed by atoms with Gasteiger partial charge in [0, 0.05) is 25.1 Å². The molecule has 0 spiro atoms. The number of halogens is 1. The first-order chi connectivity index (χ1) is 10.2. The second kappa shape index (κ2) is 5.81. The van der Waals surface area contributed by atoms with E-state index in [2.05, 4.69) is 27.6 Å². The first kappa shape index (κ1) is 14.0. The fourth-order valence-electron chi connectivity index (χ4n) is 2.50. The number of nitrogens with zero attached hydrogens (tertiary/aromatic N) is 3. The van der Waals surface area contributed by atoms with E-state index >= 15 is 0 Å². The fraction of sp³-hybridized carbons (Fsp3) is 0.200. The zero-order valence-electron chi connectivity index (χ0n) is 11.6. The number of hydrogen-bond acceptors (Lipinski definition) is 4. The van der Waals surface area contributed by atoms with E-state index in [0.29, 0.717) is 11.6 Å². The molecule has 0 aliphatic rings. The van der Waals surface area contributed by atoms with Crippen molar-refractivity contribution in [3.05, 3.63) is 59.0 Å². The van der Waals surface area contributed by atoms with E-state index in [4.69, 9.17) is 17.4 Å². The number of nitrogens with two attached hydrogens (primary N) is 1. The van der Waals surface area contributed by atoms with Gasteiger partial charge in [-0.1, -0.05) is 35.9 Å². The van der Waals surface area contributed by atoms with Crippen LogP contribution in [-0.2, 0) is 13.5 Å². The van der Waals surface area contributed by atoms with E-state index in [-0.39, 0.29) is 6.04 Å². The third kappa shape index (κ3) is 2.76. The van der Waals surface area contributed by atoms with Crippen molar-refractivity contribution in [1.82, 2.24) is 20.2 Å². The average molecular weight is 302 g/mol. The first-order valence-electron chi connectivity index (χ1n) is 6.67. The molecule has 2 heterocycles. The predicted octanol–water partition coefficient (Wildman–Crippen LogP) is 2.37. The van der Waals surface area contributed by atoms with Crippen LogP contribution in [-0.4, -0.2) is 14.8 Å². The van der Waals surface area contributed by atoms with Gasteiger partial charge in [0.2, 0.25) is 0 Å². The Hall–Kier alpha value is -1.95. The molecule has 108 valence electrons. The van der Waals surface area contributed by atoms with Crippen LogP contribution in [0, 0.1) is 0 Å². The molecule has 5 nitrogen and oxygen atoms in total. The number of rotatable bonds is 4. The molecule has 0 radical (unpaired) electrons. The van der Waals surface area contributed by atoms with Crippen LogP contribution in [0.5, 0.6) is 0 Å². The summed E-state index contributed by atoms with van der Waals surface area (Å²) in [6.45, 7) is 0. The van der Waals surface area contributed by atoms with Crippen molar-refractivity contribution >= 4 is 22.5 Å². The van der Waals surface area contributed by atoms with Crippen molar-refractivity contribution in [1.29, 1.82) is 0 Å². The van der Waals surface area contributed by atoms with Crippen LogP contribution in [0.3, 0.4) is 0 Å². The largest absolute Gasteiger partial charge is 0.271 e. The molecule has 0 amide bonds. The van der Waals surface area contributed by atoms with Gasteiger partial charge >= 0.3 is 0 Å². The van der Waals surface area contributed by atoms with Crippen LogP contribution in [0.4, 0.5) is 0 Å². The number of benzene rings is 1. The summed E-state index contributed by atoms with van der Waals surface area (Å²) >= 11 is 5.82. The summed E-state index contributed by atoms with van der Waals surface area (Å²) in [4.78, 5) is 4.10. The van der Waals surface area contributed by atoms with Crippen molar-refractivity contribution in [2.45, 2.75) is 12.5 Å². The Balaban J connectivity index is 1.94. The molecule has 3 aromatic rings. The number of para-hydroxylation sites is 1. The quantitative estimate of drug-likeness (QED) is 0.441. The summed E-state index contributed by atoms with van der Waals surface area (Å²) in [5, 5.41) is 6.21. The van der Waals surface area contributed by atoms with Gasteiger partial charge in [0.25, 0.3) is 0 Å². The molecule has 1 aromatic carbocycles. The normalized spacial score (nSPS) is 12.7. The summed E-state index contributed by atoms with van der Waals surface area (Å²) in [5.74, 6) is 5.70. The van der Waals surface area contributed by atoms with Crippen LogP contribution in [0.2, 0.25) is 5.15 Å². The molecule has 3 rings (SSSR count). The molecule has 1 unspecified atom stereocenters. The first-order valence-corrected chi connectivity index (χ1v) is 7.05. The standard InChI is InChI=1S/C15H16ClN5/c1-21-14-5-3-2-4-11(14)13(20-21)8-12(19-17)10-6-7-15(16)18-9-10/h2-7,9,12,19H,8,17H2,1H3. The number of hydrazine groups is 1. The number of hydrogen-bond donors (Lipinski definition) is 2. The Kier molecular flexibility index (Phi) is 3.88. The van der Waals surface area contributed by atoms with E-state index in [1.54, 1.807) is 12.3 Å². The zero-order chi connectivity index (χ0) is 14.8. The Labute approximate surface area is 127 Å². The topological polar surface area (TPSA) is 68.8 Å². The van der Waals surface area contributed by atoms with Gasteiger partial charge in [-0.15, -0.1) is 0 Å². The van der Waals surface area contributed by atoms with Crippen molar-refractivity contribution < 1.29 is 0 Å². The number of aryl methyl sites for hydroxylation is 1. The van der Waals surface area contributed by atoms with Crippen LogP contribution in [0.15, 0.2) is 42.6 Å². The Morgan fingerprint density at radius 1 is 1.29 bits per heavy atom. The lowest BCUT2D eigenvalue weighted by molar-refractivity contribution is 0.541. The van der Waals surface area contributed by atoms with E-state index < -0.39 is 0 Å². The third-order valence-corrected chi connectivity index (χ3v) is 3.81. The van der Waals surface area contributed by atoms with Gasteiger partial charge in [-0.25, -0.2) is 4.98 Å². The molecule has 0 saturated carbocycles. The number of pyridine rings is 1. The minimum atomic E-state index is -0.0620. The highest BCUT2D eigenvalue weighted by atomic mass is 35.5. The predicted molar refractivity (Wildman–Crippen MR) is 83.7 cm³/mol. The van der Waals surface area contributed by atoms with Crippen molar-refractivity contribution in [3.8, 4) is 0 Å². The zero-order valence-corrected chi connectivity index (χ0v) is 12.4. The highest BCUT2D eigenvalue weighted by molar-refractivity contribution is 6.29. The highest BCUT2D eigenvalue weighted by Gasteiger charge is 2.16. The SMILES string of the molecule is Cn1nc(CC(NN)c2ccc(Cl)nc2)c2ccccc21. The Morgan fingerprint density at radius 3 is 2.81 bits per heavy atom. The summed E-state index contributed by atoms with van der Waals surface area (Å²) in [6, 6.07) is 11.8. The molecule has 0 aliphatic carbocycles. The van der Waals surface area contributed by atoms with Gasteiger partial charge in [-0.05, 0) is 17.7 Å². The van der Waals surface area contributed by atoms with Crippen molar-refractivity contribution in [2.75, 3.05) is 0 Å². The third-order valence-electron chi connectivity index (χ3n) is 3.59. The van der Waals surface area contributed by atoms with Gasteiger partial charge < -0.3 is 0 Å². The van der Waals surface area contributed by atoms with Crippen molar-refractivity contribution in [2.24, 2.45) is 12.9 Å². The summed E-state index contributed by atoms with van der Waals surface area (Å²) in [6.07, 6.45) is 2.42. The molecule has 3 N–H and O–H groups in total. The van der Waals surface area contributed by atoms with E-state index in [1.165, 1.54) is 0 Å². The van der Waals surface area contributed by atoms with Crippen LogP contribution < -0.4 is 11.3 Å².